The predicted octanol–water partition coefficient (Wildman–Crippen LogP) is 1.45. The standard InChI is InChI=1S/C14H18N2O5/c1-9-5-6-15(8-12(9)17)14(18)11-4-3-10(16(19)20)7-13(11)21-2/h3-4,7,9,12,17H,5-6,8H2,1-2H3. The summed E-state index contributed by atoms with van der Waals surface area (Å²) in [6, 6.07) is 3.90. The Morgan fingerprint density at radius 1 is 1.52 bits per heavy atom. The van der Waals surface area contributed by atoms with Crippen LogP contribution >= 0.6 is 0 Å². The number of benzene rings is 1. The number of amides is 1. The zero-order valence-electron chi connectivity index (χ0n) is 12.0. The smallest absolute Gasteiger partial charge is 0.273 e. The van der Waals surface area contributed by atoms with Crippen molar-refractivity contribution in [2.75, 3.05) is 20.2 Å². The van der Waals surface area contributed by atoms with Crippen molar-refractivity contribution in [2.24, 2.45) is 5.92 Å². The fourth-order valence-corrected chi connectivity index (χ4v) is 2.37. The van der Waals surface area contributed by atoms with Crippen LogP contribution in [0.1, 0.15) is 23.7 Å². The summed E-state index contributed by atoms with van der Waals surface area (Å²) in [6.45, 7) is 2.76. The van der Waals surface area contributed by atoms with Gasteiger partial charge in [-0.3, -0.25) is 14.9 Å². The number of nitrogens with zero attached hydrogens (tertiary/aromatic N) is 2. The Bertz CT molecular complexity index is 560. The molecule has 7 heteroatoms. The zero-order valence-corrected chi connectivity index (χ0v) is 12.0. The van der Waals surface area contributed by atoms with E-state index in [1.165, 1.54) is 25.3 Å². The van der Waals surface area contributed by atoms with Crippen LogP contribution in [0.5, 0.6) is 5.75 Å². The first-order chi connectivity index (χ1) is 9.93. The molecule has 0 aromatic heterocycles. The number of β-amino-alcohol motifs (C(OH)–C–C–N with tert-alkyl or cyclic N) is 1. The lowest BCUT2D eigenvalue weighted by Crippen LogP contribution is -2.45. The lowest BCUT2D eigenvalue weighted by molar-refractivity contribution is -0.384. The molecule has 1 amide bonds. The minimum Gasteiger partial charge on any atom is -0.496 e. The molecule has 2 atom stereocenters. The molecule has 114 valence electrons. The predicted molar refractivity (Wildman–Crippen MR) is 75.3 cm³/mol. The molecule has 7 nitrogen and oxygen atoms in total. The molecular formula is C14H18N2O5. The van der Waals surface area contributed by atoms with Crippen molar-refractivity contribution < 1.29 is 19.6 Å². The third-order valence-electron chi connectivity index (χ3n) is 3.83. The Morgan fingerprint density at radius 2 is 2.24 bits per heavy atom. The molecule has 0 aliphatic carbocycles. The first kappa shape index (κ1) is 15.2. The lowest BCUT2D eigenvalue weighted by atomic mass is 9.95. The molecule has 21 heavy (non-hydrogen) atoms. The van der Waals surface area contributed by atoms with Crippen LogP contribution in [-0.4, -0.2) is 47.1 Å². The maximum absolute atomic E-state index is 12.5. The highest BCUT2D eigenvalue weighted by atomic mass is 16.6. The van der Waals surface area contributed by atoms with Gasteiger partial charge in [-0.25, -0.2) is 0 Å². The van der Waals surface area contributed by atoms with E-state index in [4.69, 9.17) is 4.74 Å². The monoisotopic (exact) mass is 294 g/mol. The first-order valence-electron chi connectivity index (χ1n) is 6.73. The van der Waals surface area contributed by atoms with Gasteiger partial charge in [-0.1, -0.05) is 6.92 Å². The number of aliphatic hydroxyl groups excluding tert-OH is 1. The summed E-state index contributed by atoms with van der Waals surface area (Å²) < 4.78 is 5.08. The molecule has 0 saturated carbocycles. The molecule has 2 rings (SSSR count). The molecule has 2 unspecified atom stereocenters. The Kier molecular flexibility index (Phi) is 4.42. The highest BCUT2D eigenvalue weighted by Crippen LogP contribution is 2.27. The molecule has 1 fully saturated rings. The van der Waals surface area contributed by atoms with E-state index in [-0.39, 0.29) is 35.4 Å². The number of piperidine rings is 1. The summed E-state index contributed by atoms with van der Waals surface area (Å²) >= 11 is 0. The van der Waals surface area contributed by atoms with Crippen molar-refractivity contribution in [3.8, 4) is 5.75 Å². The molecule has 1 aliphatic heterocycles. The van der Waals surface area contributed by atoms with Crippen molar-refractivity contribution >= 4 is 11.6 Å². The summed E-state index contributed by atoms with van der Waals surface area (Å²) in [5, 5.41) is 20.6. The van der Waals surface area contributed by atoms with Gasteiger partial charge in [-0.05, 0) is 18.4 Å². The van der Waals surface area contributed by atoms with Gasteiger partial charge in [0.1, 0.15) is 5.75 Å². The second-order valence-corrected chi connectivity index (χ2v) is 5.23. The second kappa shape index (κ2) is 6.09. The largest absolute Gasteiger partial charge is 0.496 e. The number of methoxy groups -OCH3 is 1. The number of aliphatic hydroxyl groups is 1. The van der Waals surface area contributed by atoms with E-state index in [1.54, 1.807) is 4.90 Å². The highest BCUT2D eigenvalue weighted by Gasteiger charge is 2.29. The van der Waals surface area contributed by atoms with E-state index in [2.05, 4.69) is 0 Å². The summed E-state index contributed by atoms with van der Waals surface area (Å²) in [5.41, 5.74) is 0.139. The molecule has 1 aromatic carbocycles. The number of carbonyl (C=O) groups is 1. The van der Waals surface area contributed by atoms with Gasteiger partial charge in [0.25, 0.3) is 11.6 Å². The number of nitro groups is 1. The van der Waals surface area contributed by atoms with E-state index in [1.807, 2.05) is 6.92 Å². The van der Waals surface area contributed by atoms with Crippen LogP contribution in [0.15, 0.2) is 18.2 Å². The van der Waals surface area contributed by atoms with Crippen LogP contribution in [0, 0.1) is 16.0 Å². The summed E-state index contributed by atoms with van der Waals surface area (Å²) in [5.74, 6) is 0.0443. The Balaban J connectivity index is 2.25. The van der Waals surface area contributed by atoms with Gasteiger partial charge in [0.2, 0.25) is 0 Å². The van der Waals surface area contributed by atoms with Crippen molar-refractivity contribution in [1.82, 2.24) is 4.90 Å². The molecule has 1 saturated heterocycles. The normalized spacial score (nSPS) is 22.0. The molecule has 0 bridgehead atoms. The number of likely N-dealkylation sites (tertiary alicyclic amines) is 1. The highest BCUT2D eigenvalue weighted by molar-refractivity contribution is 5.97. The molecule has 0 radical (unpaired) electrons. The first-order valence-corrected chi connectivity index (χ1v) is 6.73. The van der Waals surface area contributed by atoms with Gasteiger partial charge in [-0.15, -0.1) is 0 Å². The molecule has 0 spiro atoms. The van der Waals surface area contributed by atoms with Crippen LogP contribution in [-0.2, 0) is 0 Å². The van der Waals surface area contributed by atoms with Crippen LogP contribution in [0.3, 0.4) is 0 Å². The second-order valence-electron chi connectivity index (χ2n) is 5.23. The Hall–Kier alpha value is -2.15. The summed E-state index contributed by atoms with van der Waals surface area (Å²) in [6.07, 6.45) is 0.175. The van der Waals surface area contributed by atoms with Crippen LogP contribution in [0.4, 0.5) is 5.69 Å². The Labute approximate surface area is 122 Å². The quantitative estimate of drug-likeness (QED) is 0.672. The van der Waals surface area contributed by atoms with Gasteiger partial charge < -0.3 is 14.7 Å². The van der Waals surface area contributed by atoms with E-state index < -0.39 is 11.0 Å². The molecular weight excluding hydrogens is 276 g/mol. The van der Waals surface area contributed by atoms with Crippen molar-refractivity contribution in [2.45, 2.75) is 19.4 Å². The third kappa shape index (κ3) is 3.13. The van der Waals surface area contributed by atoms with Crippen LogP contribution in [0.2, 0.25) is 0 Å². The lowest BCUT2D eigenvalue weighted by Gasteiger charge is -2.34. The number of hydrogen-bond acceptors (Lipinski definition) is 5. The number of rotatable bonds is 3. The van der Waals surface area contributed by atoms with Crippen LogP contribution < -0.4 is 4.74 Å². The average Bonchev–Trinajstić information content (AvgIpc) is 2.48. The fraction of sp³-hybridized carbons (Fsp3) is 0.500. The van der Waals surface area contributed by atoms with Gasteiger partial charge >= 0.3 is 0 Å². The van der Waals surface area contributed by atoms with E-state index in [0.29, 0.717) is 6.54 Å². The van der Waals surface area contributed by atoms with E-state index in [9.17, 15) is 20.0 Å². The molecule has 1 heterocycles. The van der Waals surface area contributed by atoms with Crippen LogP contribution in [0.25, 0.3) is 0 Å². The number of non-ortho nitro benzene ring substituents is 1. The average molecular weight is 294 g/mol. The molecule has 1 aromatic rings. The minimum atomic E-state index is -0.549. The maximum atomic E-state index is 12.5. The summed E-state index contributed by atoms with van der Waals surface area (Å²) in [4.78, 5) is 24.2. The zero-order chi connectivity index (χ0) is 15.6. The minimum absolute atomic E-state index is 0.129. The van der Waals surface area contributed by atoms with Gasteiger partial charge in [0, 0.05) is 19.2 Å². The van der Waals surface area contributed by atoms with Crippen molar-refractivity contribution in [1.29, 1.82) is 0 Å². The van der Waals surface area contributed by atoms with E-state index in [0.717, 1.165) is 6.42 Å². The topological polar surface area (TPSA) is 92.9 Å². The number of hydrogen-bond donors (Lipinski definition) is 1. The molecule has 1 N–H and O–H groups in total. The molecule has 1 aliphatic rings. The SMILES string of the molecule is COc1cc([N+](=O)[O-])ccc1C(=O)N1CCC(C)C(O)C1. The third-order valence-corrected chi connectivity index (χ3v) is 3.83. The summed E-state index contributed by atoms with van der Waals surface area (Å²) in [7, 11) is 1.36. The van der Waals surface area contributed by atoms with Gasteiger partial charge in [0.15, 0.2) is 0 Å². The number of nitro benzene ring substituents is 1. The van der Waals surface area contributed by atoms with Gasteiger partial charge in [0.05, 0.1) is 29.8 Å². The Morgan fingerprint density at radius 3 is 2.81 bits per heavy atom. The van der Waals surface area contributed by atoms with E-state index >= 15 is 0 Å². The van der Waals surface area contributed by atoms with Crippen molar-refractivity contribution in [3.63, 3.8) is 0 Å². The van der Waals surface area contributed by atoms with Gasteiger partial charge in [-0.2, -0.15) is 0 Å². The maximum Gasteiger partial charge on any atom is 0.273 e. The number of carbonyl (C=O) groups excluding carboxylic acids is 1. The van der Waals surface area contributed by atoms with Crippen molar-refractivity contribution in [3.05, 3.63) is 33.9 Å². The fourth-order valence-electron chi connectivity index (χ4n) is 2.37. The number of ether oxygens (including phenoxy) is 1.